The third-order valence-electron chi connectivity index (χ3n) is 3.41. The Bertz CT molecular complexity index is 469. The van der Waals surface area contributed by atoms with Gasteiger partial charge >= 0.3 is 0 Å². The van der Waals surface area contributed by atoms with E-state index in [0.717, 1.165) is 31.4 Å². The van der Waals surface area contributed by atoms with Gasteiger partial charge in [-0.3, -0.25) is 4.79 Å². The summed E-state index contributed by atoms with van der Waals surface area (Å²) in [6.07, 6.45) is 4.21. The molecule has 0 aromatic heterocycles. The normalized spacial score (nSPS) is 19.8. The standard InChI is InChI=1S/C14H18Cl2N2O/c1-9-6-7-10(15)13(12(9)16)18-14(19)11-5-3-2-4-8-17-11/h6-7,11,17H,2-5,8H2,1H3,(H,18,19). The molecule has 5 heteroatoms. The average Bonchev–Trinajstić information content (AvgIpc) is 2.68. The number of anilines is 1. The van der Waals surface area contributed by atoms with E-state index in [1.54, 1.807) is 6.07 Å². The molecule has 0 radical (unpaired) electrons. The van der Waals surface area contributed by atoms with Gasteiger partial charge in [0, 0.05) is 0 Å². The second-order valence-corrected chi connectivity index (χ2v) is 5.68. The van der Waals surface area contributed by atoms with E-state index in [-0.39, 0.29) is 11.9 Å². The molecule has 1 aromatic rings. The van der Waals surface area contributed by atoms with E-state index in [9.17, 15) is 4.79 Å². The Labute approximate surface area is 123 Å². The maximum atomic E-state index is 12.2. The molecule has 1 fully saturated rings. The van der Waals surface area contributed by atoms with Gasteiger partial charge in [-0.25, -0.2) is 0 Å². The molecule has 2 N–H and O–H groups in total. The Balaban J connectivity index is 2.12. The third kappa shape index (κ3) is 3.62. The summed E-state index contributed by atoms with van der Waals surface area (Å²) in [5, 5.41) is 7.09. The summed E-state index contributed by atoms with van der Waals surface area (Å²) in [6, 6.07) is 3.43. The quantitative estimate of drug-likeness (QED) is 0.873. The minimum absolute atomic E-state index is 0.0590. The number of nitrogens with one attached hydrogen (secondary N) is 2. The molecule has 3 nitrogen and oxygen atoms in total. The third-order valence-corrected chi connectivity index (χ3v) is 4.21. The van der Waals surface area contributed by atoms with Crippen LogP contribution in [0.15, 0.2) is 12.1 Å². The first-order valence-electron chi connectivity index (χ1n) is 6.58. The van der Waals surface area contributed by atoms with Crippen LogP contribution < -0.4 is 10.6 Å². The topological polar surface area (TPSA) is 41.1 Å². The summed E-state index contributed by atoms with van der Waals surface area (Å²) in [5.74, 6) is -0.0590. The zero-order valence-electron chi connectivity index (χ0n) is 10.9. The Morgan fingerprint density at radius 1 is 1.32 bits per heavy atom. The highest BCUT2D eigenvalue weighted by Crippen LogP contribution is 2.33. The van der Waals surface area contributed by atoms with Gasteiger partial charge in [0.05, 0.1) is 21.8 Å². The predicted molar refractivity (Wildman–Crippen MR) is 80.1 cm³/mol. The van der Waals surface area contributed by atoms with Crippen molar-refractivity contribution >= 4 is 34.8 Å². The zero-order chi connectivity index (χ0) is 13.8. The maximum absolute atomic E-state index is 12.2. The van der Waals surface area contributed by atoms with E-state index in [1.807, 2.05) is 13.0 Å². The number of hydrogen-bond acceptors (Lipinski definition) is 2. The van der Waals surface area contributed by atoms with Crippen LogP contribution in [-0.2, 0) is 4.79 Å². The van der Waals surface area contributed by atoms with Crippen molar-refractivity contribution in [3.05, 3.63) is 27.7 Å². The number of benzene rings is 1. The van der Waals surface area contributed by atoms with Crippen LogP contribution in [0.4, 0.5) is 5.69 Å². The summed E-state index contributed by atoms with van der Waals surface area (Å²) < 4.78 is 0. The molecule has 104 valence electrons. The van der Waals surface area contributed by atoms with Gasteiger partial charge in [-0.15, -0.1) is 0 Å². The fourth-order valence-corrected chi connectivity index (χ4v) is 2.70. The minimum Gasteiger partial charge on any atom is -0.322 e. The molecule has 1 saturated heterocycles. The maximum Gasteiger partial charge on any atom is 0.241 e. The molecule has 0 bridgehead atoms. The van der Waals surface area contributed by atoms with Crippen LogP contribution in [-0.4, -0.2) is 18.5 Å². The lowest BCUT2D eigenvalue weighted by Gasteiger charge is -2.17. The zero-order valence-corrected chi connectivity index (χ0v) is 12.4. The van der Waals surface area contributed by atoms with Crippen molar-refractivity contribution < 1.29 is 4.79 Å². The SMILES string of the molecule is Cc1ccc(Cl)c(NC(=O)C2CCCCCN2)c1Cl. The van der Waals surface area contributed by atoms with E-state index in [2.05, 4.69) is 10.6 Å². The van der Waals surface area contributed by atoms with E-state index >= 15 is 0 Å². The van der Waals surface area contributed by atoms with Crippen LogP contribution >= 0.6 is 23.2 Å². The van der Waals surface area contributed by atoms with Crippen molar-refractivity contribution in [1.82, 2.24) is 5.32 Å². The van der Waals surface area contributed by atoms with Crippen LogP contribution in [0.2, 0.25) is 10.0 Å². The van der Waals surface area contributed by atoms with Crippen molar-refractivity contribution in [2.24, 2.45) is 0 Å². The largest absolute Gasteiger partial charge is 0.322 e. The van der Waals surface area contributed by atoms with E-state index in [1.165, 1.54) is 6.42 Å². The monoisotopic (exact) mass is 300 g/mol. The molecule has 1 aliphatic heterocycles. The Morgan fingerprint density at radius 3 is 2.89 bits per heavy atom. The molecular weight excluding hydrogens is 283 g/mol. The van der Waals surface area contributed by atoms with Crippen LogP contribution in [0.3, 0.4) is 0 Å². The van der Waals surface area contributed by atoms with Gasteiger partial charge in [-0.05, 0) is 37.9 Å². The molecule has 19 heavy (non-hydrogen) atoms. The van der Waals surface area contributed by atoms with Gasteiger partial charge in [0.1, 0.15) is 0 Å². The van der Waals surface area contributed by atoms with Crippen molar-refractivity contribution in [3.8, 4) is 0 Å². The van der Waals surface area contributed by atoms with Crippen LogP contribution in [0.1, 0.15) is 31.2 Å². The summed E-state index contributed by atoms with van der Waals surface area (Å²) in [4.78, 5) is 12.2. The number of carbonyl (C=O) groups is 1. The van der Waals surface area contributed by atoms with Crippen LogP contribution in [0.5, 0.6) is 0 Å². The van der Waals surface area contributed by atoms with Gasteiger partial charge in [0.2, 0.25) is 5.91 Å². The highest BCUT2D eigenvalue weighted by atomic mass is 35.5. The highest BCUT2D eigenvalue weighted by molar-refractivity contribution is 6.40. The van der Waals surface area contributed by atoms with Crippen molar-refractivity contribution in [3.63, 3.8) is 0 Å². The summed E-state index contributed by atoms with van der Waals surface area (Å²) in [6.45, 7) is 2.77. The van der Waals surface area contributed by atoms with Crippen molar-refractivity contribution in [2.45, 2.75) is 38.6 Å². The number of aryl methyl sites for hydroxylation is 1. The summed E-state index contributed by atoms with van der Waals surface area (Å²) in [5.41, 5.74) is 1.41. The summed E-state index contributed by atoms with van der Waals surface area (Å²) in [7, 11) is 0. The molecule has 1 unspecified atom stereocenters. The fourth-order valence-electron chi connectivity index (χ4n) is 2.23. The second-order valence-electron chi connectivity index (χ2n) is 4.90. The van der Waals surface area contributed by atoms with Crippen molar-refractivity contribution in [2.75, 3.05) is 11.9 Å². The van der Waals surface area contributed by atoms with Gasteiger partial charge in [0.15, 0.2) is 0 Å². The fraction of sp³-hybridized carbons (Fsp3) is 0.500. The summed E-state index contributed by atoms with van der Waals surface area (Å²) >= 11 is 12.3. The van der Waals surface area contributed by atoms with Gasteiger partial charge < -0.3 is 10.6 Å². The van der Waals surface area contributed by atoms with Crippen LogP contribution in [0, 0.1) is 6.92 Å². The first-order valence-corrected chi connectivity index (χ1v) is 7.34. The predicted octanol–water partition coefficient (Wildman–Crippen LogP) is 3.77. The second kappa shape index (κ2) is 6.60. The Hall–Kier alpha value is -0.770. The molecule has 0 aliphatic carbocycles. The molecule has 0 spiro atoms. The van der Waals surface area contributed by atoms with Gasteiger partial charge in [-0.1, -0.05) is 42.1 Å². The molecule has 1 aromatic carbocycles. The molecule has 2 rings (SSSR count). The minimum atomic E-state index is -0.157. The number of amides is 1. The van der Waals surface area contributed by atoms with Crippen molar-refractivity contribution in [1.29, 1.82) is 0 Å². The number of hydrogen-bond donors (Lipinski definition) is 2. The van der Waals surface area contributed by atoms with Gasteiger partial charge in [-0.2, -0.15) is 0 Å². The number of carbonyl (C=O) groups excluding carboxylic acids is 1. The van der Waals surface area contributed by atoms with E-state index in [0.29, 0.717) is 15.7 Å². The molecule has 1 atom stereocenters. The Morgan fingerprint density at radius 2 is 2.11 bits per heavy atom. The Kier molecular flexibility index (Phi) is 5.08. The molecule has 1 amide bonds. The van der Waals surface area contributed by atoms with E-state index < -0.39 is 0 Å². The first kappa shape index (κ1) is 14.6. The average molecular weight is 301 g/mol. The lowest BCUT2D eigenvalue weighted by atomic mass is 10.1. The smallest absolute Gasteiger partial charge is 0.241 e. The highest BCUT2D eigenvalue weighted by Gasteiger charge is 2.21. The lowest BCUT2D eigenvalue weighted by Crippen LogP contribution is -2.40. The first-order chi connectivity index (χ1) is 9.09. The molecular formula is C14H18Cl2N2O. The lowest BCUT2D eigenvalue weighted by molar-refractivity contribution is -0.118. The molecule has 1 heterocycles. The van der Waals surface area contributed by atoms with E-state index in [4.69, 9.17) is 23.2 Å². The van der Waals surface area contributed by atoms with Gasteiger partial charge in [0.25, 0.3) is 0 Å². The van der Waals surface area contributed by atoms with Crippen LogP contribution in [0.25, 0.3) is 0 Å². The molecule has 1 aliphatic rings. The number of halogens is 2. The number of rotatable bonds is 2. The molecule has 0 saturated carbocycles.